The molecule has 0 atom stereocenters. The zero-order chi connectivity index (χ0) is 25.7. The van der Waals surface area contributed by atoms with Crippen LogP contribution >= 0.6 is 0 Å². The molecule has 0 amide bonds. The third-order valence-corrected chi connectivity index (χ3v) is 6.94. The van der Waals surface area contributed by atoms with Crippen LogP contribution in [-0.2, 0) is 0 Å². The van der Waals surface area contributed by atoms with Crippen LogP contribution < -0.4 is 0 Å². The van der Waals surface area contributed by atoms with E-state index in [2.05, 4.69) is 140 Å². The van der Waals surface area contributed by atoms with Gasteiger partial charge in [-0.05, 0) is 73.8 Å². The molecule has 0 aliphatic heterocycles. The molecule has 0 fully saturated rings. The van der Waals surface area contributed by atoms with Crippen molar-refractivity contribution in [2.45, 2.75) is 0 Å². The second kappa shape index (κ2) is 10.4. The van der Waals surface area contributed by atoms with Crippen LogP contribution in [-0.4, -0.2) is 0 Å². The highest BCUT2D eigenvalue weighted by Gasteiger charge is 2.10. The average Bonchev–Trinajstić information content (AvgIpc) is 3.02. The number of nitriles is 1. The van der Waals surface area contributed by atoms with Crippen molar-refractivity contribution in [1.82, 2.24) is 0 Å². The molecule has 6 aromatic rings. The summed E-state index contributed by atoms with van der Waals surface area (Å²) in [5, 5.41) is 10.0. The van der Waals surface area contributed by atoms with Gasteiger partial charge in [0.05, 0.1) is 11.6 Å². The van der Waals surface area contributed by atoms with Gasteiger partial charge in [-0.1, -0.05) is 133 Å². The Labute approximate surface area is 223 Å². The molecule has 0 bridgehead atoms. The van der Waals surface area contributed by atoms with Crippen LogP contribution in [0.1, 0.15) is 5.56 Å². The molecule has 0 aliphatic carbocycles. The summed E-state index contributed by atoms with van der Waals surface area (Å²) in [6.45, 7) is 0. The first-order chi connectivity index (χ1) is 18.8. The summed E-state index contributed by atoms with van der Waals surface area (Å²) in [6.07, 6.45) is 0. The molecular formula is C37H25N. The van der Waals surface area contributed by atoms with E-state index < -0.39 is 0 Å². The van der Waals surface area contributed by atoms with Crippen molar-refractivity contribution in [2.75, 3.05) is 0 Å². The molecule has 178 valence electrons. The Balaban J connectivity index is 1.29. The lowest BCUT2D eigenvalue weighted by atomic mass is 9.93. The quantitative estimate of drug-likeness (QED) is 0.239. The molecule has 1 nitrogen and oxygen atoms in total. The highest BCUT2D eigenvalue weighted by molar-refractivity contribution is 5.80. The number of hydrogen-bond acceptors (Lipinski definition) is 1. The lowest BCUT2D eigenvalue weighted by Gasteiger charge is -2.11. The predicted molar refractivity (Wildman–Crippen MR) is 158 cm³/mol. The van der Waals surface area contributed by atoms with Gasteiger partial charge in [0, 0.05) is 0 Å². The van der Waals surface area contributed by atoms with Crippen molar-refractivity contribution in [1.29, 1.82) is 5.26 Å². The molecule has 6 aromatic carbocycles. The van der Waals surface area contributed by atoms with E-state index in [9.17, 15) is 5.26 Å². The number of benzene rings is 6. The van der Waals surface area contributed by atoms with Gasteiger partial charge in [-0.15, -0.1) is 0 Å². The summed E-state index contributed by atoms with van der Waals surface area (Å²) in [5.74, 6) is 0. The summed E-state index contributed by atoms with van der Waals surface area (Å²) in [5.41, 5.74) is 11.9. The fourth-order valence-electron chi connectivity index (χ4n) is 4.93. The zero-order valence-corrected chi connectivity index (χ0v) is 20.9. The van der Waals surface area contributed by atoms with Gasteiger partial charge in [0.25, 0.3) is 0 Å². The first-order valence-electron chi connectivity index (χ1n) is 12.7. The molecule has 0 radical (unpaired) electrons. The maximum atomic E-state index is 10.0. The van der Waals surface area contributed by atoms with Crippen LogP contribution in [0.5, 0.6) is 0 Å². The third kappa shape index (κ3) is 4.76. The van der Waals surface area contributed by atoms with Gasteiger partial charge in [0.2, 0.25) is 0 Å². The molecule has 1 heteroatoms. The Bertz CT molecular complexity index is 1740. The fourth-order valence-corrected chi connectivity index (χ4v) is 4.93. The predicted octanol–water partition coefficient (Wildman–Crippen LogP) is 9.89. The van der Waals surface area contributed by atoms with Crippen LogP contribution in [0.15, 0.2) is 152 Å². The van der Waals surface area contributed by atoms with Gasteiger partial charge in [-0.3, -0.25) is 0 Å². The first-order valence-corrected chi connectivity index (χ1v) is 12.7. The minimum atomic E-state index is 0.673. The molecule has 0 aromatic heterocycles. The van der Waals surface area contributed by atoms with Crippen molar-refractivity contribution in [2.24, 2.45) is 0 Å². The number of rotatable bonds is 5. The molecule has 0 saturated carbocycles. The van der Waals surface area contributed by atoms with Crippen molar-refractivity contribution >= 4 is 0 Å². The topological polar surface area (TPSA) is 23.8 Å². The van der Waals surface area contributed by atoms with Crippen LogP contribution in [0.25, 0.3) is 55.6 Å². The maximum Gasteiger partial charge on any atom is 0.0998 e. The molecule has 0 N–H and O–H groups in total. The van der Waals surface area contributed by atoms with Gasteiger partial charge in [-0.25, -0.2) is 0 Å². The molecule has 38 heavy (non-hydrogen) atoms. The second-order valence-corrected chi connectivity index (χ2v) is 9.34. The van der Waals surface area contributed by atoms with E-state index in [0.29, 0.717) is 5.56 Å². The molecular weight excluding hydrogens is 458 g/mol. The van der Waals surface area contributed by atoms with Gasteiger partial charge in [-0.2, -0.15) is 5.26 Å². The normalized spacial score (nSPS) is 10.6. The number of hydrogen-bond donors (Lipinski definition) is 0. The van der Waals surface area contributed by atoms with Gasteiger partial charge >= 0.3 is 0 Å². The Morgan fingerprint density at radius 2 is 0.684 bits per heavy atom. The molecule has 0 aliphatic rings. The fraction of sp³-hybridized carbons (Fsp3) is 0. The average molecular weight is 484 g/mol. The van der Waals surface area contributed by atoms with Crippen molar-refractivity contribution in [3.8, 4) is 61.7 Å². The molecule has 0 saturated heterocycles. The van der Waals surface area contributed by atoms with E-state index >= 15 is 0 Å². The van der Waals surface area contributed by atoms with E-state index in [-0.39, 0.29) is 0 Å². The maximum absolute atomic E-state index is 10.0. The van der Waals surface area contributed by atoms with Crippen LogP contribution in [0.2, 0.25) is 0 Å². The molecule has 0 spiro atoms. The Morgan fingerprint density at radius 3 is 1.18 bits per heavy atom. The SMILES string of the molecule is N#Cc1cc(-c2cccc(-c3ccccc3)c2)ccc1-c1ccc(-c2cccc(-c3ccccc3)c2)cc1. The van der Waals surface area contributed by atoms with E-state index in [1.54, 1.807) is 0 Å². The van der Waals surface area contributed by atoms with Crippen molar-refractivity contribution < 1.29 is 0 Å². The standard InChI is InChI=1S/C37H25N/c38-26-36-25-35(34-16-8-14-32(24-34)28-11-5-2-6-12-28)21-22-37(36)30-19-17-29(18-20-30)33-15-7-13-31(23-33)27-9-3-1-4-10-27/h1-25H. The smallest absolute Gasteiger partial charge is 0.0998 e. The molecule has 0 unspecified atom stereocenters. The Kier molecular flexibility index (Phi) is 6.37. The first kappa shape index (κ1) is 23.2. The Hall–Kier alpha value is -5.19. The molecule has 0 heterocycles. The lowest BCUT2D eigenvalue weighted by Crippen LogP contribution is -1.88. The highest BCUT2D eigenvalue weighted by atomic mass is 14.3. The van der Waals surface area contributed by atoms with Crippen LogP contribution in [0.4, 0.5) is 0 Å². The zero-order valence-electron chi connectivity index (χ0n) is 20.9. The lowest BCUT2D eigenvalue weighted by molar-refractivity contribution is 1.47. The highest BCUT2D eigenvalue weighted by Crippen LogP contribution is 2.33. The van der Waals surface area contributed by atoms with E-state index in [1.807, 2.05) is 18.2 Å². The number of nitrogens with zero attached hydrogens (tertiary/aromatic N) is 1. The summed E-state index contributed by atoms with van der Waals surface area (Å²) in [6, 6.07) is 55.0. The monoisotopic (exact) mass is 483 g/mol. The van der Waals surface area contributed by atoms with E-state index in [1.165, 1.54) is 22.3 Å². The summed E-state index contributed by atoms with van der Waals surface area (Å²) in [4.78, 5) is 0. The summed E-state index contributed by atoms with van der Waals surface area (Å²) < 4.78 is 0. The van der Waals surface area contributed by atoms with Gasteiger partial charge in [0.15, 0.2) is 0 Å². The van der Waals surface area contributed by atoms with Gasteiger partial charge in [0.1, 0.15) is 0 Å². The summed E-state index contributed by atoms with van der Waals surface area (Å²) in [7, 11) is 0. The van der Waals surface area contributed by atoms with Crippen LogP contribution in [0.3, 0.4) is 0 Å². The second-order valence-electron chi connectivity index (χ2n) is 9.34. The largest absolute Gasteiger partial charge is 0.192 e. The minimum Gasteiger partial charge on any atom is -0.192 e. The van der Waals surface area contributed by atoms with Gasteiger partial charge < -0.3 is 0 Å². The van der Waals surface area contributed by atoms with E-state index in [0.717, 1.165) is 33.4 Å². The summed E-state index contributed by atoms with van der Waals surface area (Å²) >= 11 is 0. The Morgan fingerprint density at radius 1 is 0.316 bits per heavy atom. The van der Waals surface area contributed by atoms with Crippen molar-refractivity contribution in [3.05, 3.63) is 157 Å². The van der Waals surface area contributed by atoms with Crippen LogP contribution in [0, 0.1) is 11.3 Å². The van der Waals surface area contributed by atoms with E-state index in [4.69, 9.17) is 0 Å². The third-order valence-electron chi connectivity index (χ3n) is 6.94. The minimum absolute atomic E-state index is 0.673. The molecule has 6 rings (SSSR count). The van der Waals surface area contributed by atoms with Crippen molar-refractivity contribution in [3.63, 3.8) is 0 Å².